The lowest BCUT2D eigenvalue weighted by atomic mass is 10.1. The monoisotopic (exact) mass is 422 g/mol. The van der Waals surface area contributed by atoms with Gasteiger partial charge in [-0.3, -0.25) is 4.79 Å². The summed E-state index contributed by atoms with van der Waals surface area (Å²) in [5.74, 6) is 1.94. The lowest BCUT2D eigenvalue weighted by molar-refractivity contribution is -0.130. The lowest BCUT2D eigenvalue weighted by Crippen LogP contribution is -2.49. The van der Waals surface area contributed by atoms with Crippen LogP contribution in [0.5, 0.6) is 11.6 Å². The minimum atomic E-state index is 0.154. The Morgan fingerprint density at radius 2 is 1.80 bits per heavy atom. The van der Waals surface area contributed by atoms with Crippen LogP contribution < -0.4 is 9.64 Å². The van der Waals surface area contributed by atoms with E-state index in [4.69, 9.17) is 16.3 Å². The van der Waals surface area contributed by atoms with Crippen molar-refractivity contribution in [3.05, 3.63) is 77.1 Å². The van der Waals surface area contributed by atoms with E-state index in [1.54, 1.807) is 12.1 Å². The molecule has 2 heterocycles. The Labute approximate surface area is 181 Å². The molecule has 1 fully saturated rings. The summed E-state index contributed by atoms with van der Waals surface area (Å²) in [6.07, 6.45) is 1.92. The number of hydrogen-bond donors (Lipinski definition) is 0. The maximum Gasteiger partial charge on any atom is 0.227 e. The Morgan fingerprint density at radius 3 is 2.57 bits per heavy atom. The van der Waals surface area contributed by atoms with Crippen LogP contribution in [0.2, 0.25) is 5.02 Å². The van der Waals surface area contributed by atoms with Gasteiger partial charge in [-0.2, -0.15) is 0 Å². The third-order valence-corrected chi connectivity index (χ3v) is 5.40. The second kappa shape index (κ2) is 9.13. The Hall–Kier alpha value is -3.12. The molecule has 1 saturated heterocycles. The SMILES string of the molecule is Cc1ccc(Cl)c(Oc2cc(N3CCN(C(=O)Cc4ccccc4)CC3)ncn2)c1. The number of nitrogens with zero attached hydrogens (tertiary/aromatic N) is 4. The molecule has 0 radical (unpaired) electrons. The van der Waals surface area contributed by atoms with Gasteiger partial charge in [-0.25, -0.2) is 9.97 Å². The average molecular weight is 423 g/mol. The molecule has 0 bridgehead atoms. The molecule has 154 valence electrons. The molecule has 0 N–H and O–H groups in total. The Bertz CT molecular complexity index is 1020. The molecule has 2 aromatic carbocycles. The quantitative estimate of drug-likeness (QED) is 0.619. The first-order valence-corrected chi connectivity index (χ1v) is 10.3. The van der Waals surface area contributed by atoms with E-state index in [1.807, 2.05) is 54.3 Å². The highest BCUT2D eigenvalue weighted by molar-refractivity contribution is 6.32. The molecule has 4 rings (SSSR count). The molecule has 6 nitrogen and oxygen atoms in total. The number of aromatic nitrogens is 2. The molecule has 0 unspecified atom stereocenters. The van der Waals surface area contributed by atoms with Crippen LogP contribution in [0.4, 0.5) is 5.82 Å². The van der Waals surface area contributed by atoms with Crippen LogP contribution in [0.25, 0.3) is 0 Å². The fourth-order valence-electron chi connectivity index (χ4n) is 3.43. The summed E-state index contributed by atoms with van der Waals surface area (Å²) in [4.78, 5) is 25.2. The van der Waals surface area contributed by atoms with Crippen LogP contribution in [0.1, 0.15) is 11.1 Å². The van der Waals surface area contributed by atoms with Crippen molar-refractivity contribution in [1.29, 1.82) is 0 Å². The van der Waals surface area contributed by atoms with Crippen molar-refractivity contribution in [2.24, 2.45) is 0 Å². The number of aryl methyl sites for hydroxylation is 1. The first-order chi connectivity index (χ1) is 14.6. The minimum absolute atomic E-state index is 0.154. The second-order valence-electron chi connectivity index (χ2n) is 7.28. The Kier molecular flexibility index (Phi) is 6.14. The number of hydrogen-bond acceptors (Lipinski definition) is 5. The van der Waals surface area contributed by atoms with Crippen molar-refractivity contribution in [3.63, 3.8) is 0 Å². The molecule has 1 aliphatic heterocycles. The lowest BCUT2D eigenvalue weighted by Gasteiger charge is -2.35. The summed E-state index contributed by atoms with van der Waals surface area (Å²) in [5, 5.41) is 0.534. The smallest absolute Gasteiger partial charge is 0.227 e. The van der Waals surface area contributed by atoms with Gasteiger partial charge in [0, 0.05) is 32.2 Å². The van der Waals surface area contributed by atoms with Crippen molar-refractivity contribution in [3.8, 4) is 11.6 Å². The molecular weight excluding hydrogens is 400 g/mol. The van der Waals surface area contributed by atoms with Gasteiger partial charge in [-0.15, -0.1) is 0 Å². The van der Waals surface area contributed by atoms with E-state index >= 15 is 0 Å². The summed E-state index contributed by atoms with van der Waals surface area (Å²) in [7, 11) is 0. The molecular formula is C23H23ClN4O2. The van der Waals surface area contributed by atoms with E-state index in [-0.39, 0.29) is 5.91 Å². The van der Waals surface area contributed by atoms with Crippen LogP contribution in [0, 0.1) is 6.92 Å². The molecule has 0 saturated carbocycles. The number of piperazine rings is 1. The predicted molar refractivity (Wildman–Crippen MR) is 117 cm³/mol. The van der Waals surface area contributed by atoms with Gasteiger partial charge >= 0.3 is 0 Å². The van der Waals surface area contributed by atoms with Crippen LogP contribution in [0.15, 0.2) is 60.9 Å². The zero-order valence-corrected chi connectivity index (χ0v) is 17.5. The molecule has 1 amide bonds. The highest BCUT2D eigenvalue weighted by atomic mass is 35.5. The molecule has 30 heavy (non-hydrogen) atoms. The van der Waals surface area contributed by atoms with Crippen molar-refractivity contribution in [1.82, 2.24) is 14.9 Å². The molecule has 7 heteroatoms. The molecule has 0 atom stereocenters. The average Bonchev–Trinajstić information content (AvgIpc) is 2.77. The fourth-order valence-corrected chi connectivity index (χ4v) is 3.58. The number of rotatable bonds is 5. The number of benzene rings is 2. The van der Waals surface area contributed by atoms with Gasteiger partial charge < -0.3 is 14.5 Å². The van der Waals surface area contributed by atoms with Gasteiger partial charge in [-0.05, 0) is 30.2 Å². The number of carbonyl (C=O) groups excluding carboxylic acids is 1. The van der Waals surface area contributed by atoms with Crippen LogP contribution in [0.3, 0.4) is 0 Å². The molecule has 0 aliphatic carbocycles. The third-order valence-electron chi connectivity index (χ3n) is 5.08. The van der Waals surface area contributed by atoms with E-state index in [0.717, 1.165) is 16.9 Å². The van der Waals surface area contributed by atoms with Crippen molar-refractivity contribution in [2.45, 2.75) is 13.3 Å². The summed E-state index contributed by atoms with van der Waals surface area (Å²) < 4.78 is 5.87. The Morgan fingerprint density at radius 1 is 1.03 bits per heavy atom. The fraction of sp³-hybridized carbons (Fsp3) is 0.261. The summed E-state index contributed by atoms with van der Waals surface area (Å²) >= 11 is 6.22. The van der Waals surface area contributed by atoms with Crippen molar-refractivity contribution >= 4 is 23.3 Å². The van der Waals surface area contributed by atoms with Crippen LogP contribution in [-0.4, -0.2) is 47.0 Å². The van der Waals surface area contributed by atoms with Gasteiger partial charge in [0.1, 0.15) is 17.9 Å². The van der Waals surface area contributed by atoms with Gasteiger partial charge in [0.15, 0.2) is 0 Å². The van der Waals surface area contributed by atoms with E-state index in [2.05, 4.69) is 14.9 Å². The zero-order valence-electron chi connectivity index (χ0n) is 16.8. The van der Waals surface area contributed by atoms with Gasteiger partial charge in [-0.1, -0.05) is 48.0 Å². The van der Waals surface area contributed by atoms with Gasteiger partial charge in [0.2, 0.25) is 11.8 Å². The summed E-state index contributed by atoms with van der Waals surface area (Å²) in [6.45, 7) is 4.72. The minimum Gasteiger partial charge on any atom is -0.437 e. The highest BCUT2D eigenvalue weighted by Crippen LogP contribution is 2.30. The topological polar surface area (TPSA) is 58.6 Å². The van der Waals surface area contributed by atoms with Crippen LogP contribution >= 0.6 is 11.6 Å². The molecule has 0 spiro atoms. The standard InChI is InChI=1S/C23H23ClN4O2/c1-17-7-8-19(24)20(13-17)30-22-15-21(25-16-26-22)27-9-11-28(12-10-27)23(29)14-18-5-3-2-4-6-18/h2-8,13,15-16H,9-12,14H2,1H3. The zero-order chi connectivity index (χ0) is 20.9. The van der Waals surface area contributed by atoms with E-state index < -0.39 is 0 Å². The van der Waals surface area contributed by atoms with E-state index in [9.17, 15) is 4.79 Å². The normalized spacial score (nSPS) is 13.9. The maximum atomic E-state index is 12.6. The number of halogens is 1. The number of ether oxygens (including phenoxy) is 1. The predicted octanol–water partition coefficient (Wildman–Crippen LogP) is 4.12. The second-order valence-corrected chi connectivity index (χ2v) is 7.69. The first kappa shape index (κ1) is 20.2. The summed E-state index contributed by atoms with van der Waals surface area (Å²) in [5.41, 5.74) is 2.09. The molecule has 1 aromatic heterocycles. The van der Waals surface area contributed by atoms with Crippen LogP contribution in [-0.2, 0) is 11.2 Å². The van der Waals surface area contributed by atoms with Crippen molar-refractivity contribution < 1.29 is 9.53 Å². The van der Waals surface area contributed by atoms with E-state index in [0.29, 0.717) is 49.3 Å². The highest BCUT2D eigenvalue weighted by Gasteiger charge is 2.22. The molecule has 1 aliphatic rings. The third kappa shape index (κ3) is 4.89. The first-order valence-electron chi connectivity index (χ1n) is 9.91. The Balaban J connectivity index is 1.37. The number of anilines is 1. The molecule has 3 aromatic rings. The largest absolute Gasteiger partial charge is 0.437 e. The maximum absolute atomic E-state index is 12.6. The van der Waals surface area contributed by atoms with Gasteiger partial charge in [0.25, 0.3) is 0 Å². The van der Waals surface area contributed by atoms with Gasteiger partial charge in [0.05, 0.1) is 11.4 Å². The summed E-state index contributed by atoms with van der Waals surface area (Å²) in [6, 6.07) is 17.3. The van der Waals surface area contributed by atoms with E-state index in [1.165, 1.54) is 6.33 Å². The van der Waals surface area contributed by atoms with Crippen molar-refractivity contribution in [2.75, 3.05) is 31.1 Å². The number of carbonyl (C=O) groups is 1. The number of amides is 1.